The van der Waals surface area contributed by atoms with Gasteiger partial charge < -0.3 is 9.47 Å². The van der Waals surface area contributed by atoms with Crippen molar-refractivity contribution in [1.82, 2.24) is 0 Å². The first-order valence-electron chi connectivity index (χ1n) is 10.9. The average molecular weight is 434 g/mol. The van der Waals surface area contributed by atoms with Crippen LogP contribution in [-0.2, 0) is 10.7 Å². The number of hydrogen-bond donors (Lipinski definition) is 0. The van der Waals surface area contributed by atoms with Gasteiger partial charge in [-0.05, 0) is 48.1 Å². The zero-order valence-electron chi connectivity index (χ0n) is 17.7. The molecule has 1 unspecified atom stereocenters. The summed E-state index contributed by atoms with van der Waals surface area (Å²) >= 11 is 0. The van der Waals surface area contributed by atoms with E-state index in [1.807, 2.05) is 13.0 Å². The molecule has 0 saturated heterocycles. The lowest BCUT2D eigenvalue weighted by molar-refractivity contribution is 0.0364. The highest BCUT2D eigenvalue weighted by Crippen LogP contribution is 2.55. The molecule has 1 aliphatic heterocycles. The summed E-state index contributed by atoms with van der Waals surface area (Å²) in [4.78, 5) is 0. The Kier molecular flexibility index (Phi) is 6.11. The fourth-order valence-corrected chi connectivity index (χ4v) is 4.34. The van der Waals surface area contributed by atoms with Gasteiger partial charge >= 0.3 is 5.92 Å². The number of unbranched alkanes of at least 4 members (excludes halogenated alkanes) is 1. The van der Waals surface area contributed by atoms with Gasteiger partial charge in [-0.15, -0.1) is 0 Å². The van der Waals surface area contributed by atoms with E-state index in [4.69, 9.17) is 9.47 Å². The molecule has 31 heavy (non-hydrogen) atoms. The second-order valence-electron chi connectivity index (χ2n) is 8.12. The number of rotatable bonds is 7. The van der Waals surface area contributed by atoms with E-state index in [-0.39, 0.29) is 29.0 Å². The van der Waals surface area contributed by atoms with Crippen LogP contribution in [0.25, 0.3) is 11.1 Å². The number of fused-ring (bicyclic) bond motifs is 3. The first-order valence-corrected chi connectivity index (χ1v) is 10.9. The largest absolute Gasteiger partial charge is 0.491 e. The van der Waals surface area contributed by atoms with Gasteiger partial charge in [-0.3, -0.25) is 0 Å². The third-order valence-corrected chi connectivity index (χ3v) is 5.96. The molecule has 0 spiro atoms. The molecule has 2 aromatic rings. The second kappa shape index (κ2) is 8.65. The number of ether oxygens (including phenoxy) is 2. The Morgan fingerprint density at radius 1 is 1.00 bits per heavy atom. The number of alkyl halides is 2. The van der Waals surface area contributed by atoms with Crippen molar-refractivity contribution in [2.75, 3.05) is 13.2 Å². The van der Waals surface area contributed by atoms with E-state index in [0.29, 0.717) is 19.4 Å². The first-order chi connectivity index (χ1) is 14.9. The highest BCUT2D eigenvalue weighted by molar-refractivity contribution is 5.81. The lowest BCUT2D eigenvalue weighted by Crippen LogP contribution is -2.19. The second-order valence-corrected chi connectivity index (χ2v) is 8.12. The Morgan fingerprint density at radius 3 is 2.35 bits per heavy atom. The van der Waals surface area contributed by atoms with Crippen LogP contribution in [0.3, 0.4) is 0 Å². The van der Waals surface area contributed by atoms with E-state index in [9.17, 15) is 0 Å². The summed E-state index contributed by atoms with van der Waals surface area (Å²) < 4.78 is 72.2. The van der Waals surface area contributed by atoms with Gasteiger partial charge in [-0.1, -0.05) is 44.9 Å². The van der Waals surface area contributed by atoms with Crippen molar-refractivity contribution in [3.05, 3.63) is 64.2 Å². The normalized spacial score (nSPS) is 19.0. The molecule has 2 aliphatic rings. The van der Waals surface area contributed by atoms with Crippen molar-refractivity contribution in [3.63, 3.8) is 0 Å². The summed E-state index contributed by atoms with van der Waals surface area (Å²) in [6.45, 7) is 4.60. The van der Waals surface area contributed by atoms with Crippen molar-refractivity contribution in [2.24, 2.45) is 0 Å². The van der Waals surface area contributed by atoms with Gasteiger partial charge in [0.15, 0.2) is 11.6 Å². The fraction of sp³-hybridized carbons (Fsp3) is 0.440. The molecule has 0 radical (unpaired) electrons. The zero-order chi connectivity index (χ0) is 22.2. The molecule has 1 aliphatic carbocycles. The first kappa shape index (κ1) is 21.9. The van der Waals surface area contributed by atoms with Gasteiger partial charge in [0, 0.05) is 5.56 Å². The van der Waals surface area contributed by atoms with Crippen LogP contribution in [0.15, 0.2) is 35.9 Å². The Hall–Kier alpha value is -2.34. The van der Waals surface area contributed by atoms with E-state index >= 15 is 17.6 Å². The van der Waals surface area contributed by atoms with Crippen LogP contribution >= 0.6 is 0 Å². The molecule has 0 saturated carbocycles. The molecule has 2 nitrogen and oxygen atoms in total. The third-order valence-electron chi connectivity index (χ3n) is 5.96. The van der Waals surface area contributed by atoms with E-state index < -0.39 is 34.8 Å². The highest BCUT2D eigenvalue weighted by Gasteiger charge is 2.50. The van der Waals surface area contributed by atoms with Crippen LogP contribution in [0.1, 0.15) is 68.7 Å². The molecule has 6 heteroatoms. The van der Waals surface area contributed by atoms with Crippen molar-refractivity contribution in [3.8, 4) is 16.9 Å². The Morgan fingerprint density at radius 2 is 1.71 bits per heavy atom. The SMILES string of the molecule is CCCCOc1ccc2c(c1F)C(F)(F)c1c-2ccc(C2CC=C(CCC)CO2)c1F. The number of benzene rings is 2. The van der Waals surface area contributed by atoms with Crippen LogP contribution in [0.2, 0.25) is 0 Å². The van der Waals surface area contributed by atoms with Crippen LogP contribution in [-0.4, -0.2) is 13.2 Å². The molecule has 0 bridgehead atoms. The summed E-state index contributed by atoms with van der Waals surface area (Å²) in [6.07, 6.45) is 5.18. The van der Waals surface area contributed by atoms with Crippen molar-refractivity contribution in [1.29, 1.82) is 0 Å². The Balaban J connectivity index is 1.70. The Bertz CT molecular complexity index is 1010. The van der Waals surface area contributed by atoms with Gasteiger partial charge in [0.05, 0.1) is 30.4 Å². The number of hydrogen-bond acceptors (Lipinski definition) is 2. The lowest BCUT2D eigenvalue weighted by atomic mass is 9.95. The van der Waals surface area contributed by atoms with Crippen LogP contribution in [0.5, 0.6) is 5.75 Å². The van der Waals surface area contributed by atoms with Gasteiger partial charge in [-0.2, -0.15) is 8.78 Å². The molecule has 2 aromatic carbocycles. The maximum absolute atomic E-state index is 15.4. The van der Waals surface area contributed by atoms with E-state index in [2.05, 4.69) is 6.92 Å². The monoisotopic (exact) mass is 434 g/mol. The van der Waals surface area contributed by atoms with Gasteiger partial charge in [0.25, 0.3) is 0 Å². The van der Waals surface area contributed by atoms with Crippen molar-refractivity contribution >= 4 is 0 Å². The molecular formula is C25H26F4O2. The van der Waals surface area contributed by atoms with Crippen molar-refractivity contribution in [2.45, 2.75) is 58.0 Å². The quantitative estimate of drug-likeness (QED) is 0.256. The van der Waals surface area contributed by atoms with E-state index in [1.165, 1.54) is 24.3 Å². The number of halogens is 4. The van der Waals surface area contributed by atoms with Crippen LogP contribution in [0.4, 0.5) is 17.6 Å². The minimum atomic E-state index is -3.79. The van der Waals surface area contributed by atoms with Gasteiger partial charge in [0.1, 0.15) is 5.82 Å². The molecule has 166 valence electrons. The third kappa shape index (κ3) is 3.75. The molecular weight excluding hydrogens is 408 g/mol. The molecule has 0 amide bonds. The predicted molar refractivity (Wildman–Crippen MR) is 111 cm³/mol. The average Bonchev–Trinajstić information content (AvgIpc) is 2.99. The summed E-state index contributed by atoms with van der Waals surface area (Å²) in [6, 6.07) is 5.64. The minimum Gasteiger partial charge on any atom is -0.491 e. The van der Waals surface area contributed by atoms with Crippen LogP contribution < -0.4 is 4.74 Å². The smallest absolute Gasteiger partial charge is 0.305 e. The summed E-state index contributed by atoms with van der Waals surface area (Å²) in [5, 5.41) is 0. The van der Waals surface area contributed by atoms with E-state index in [0.717, 1.165) is 24.8 Å². The maximum atomic E-state index is 15.4. The molecule has 0 N–H and O–H groups in total. The highest BCUT2D eigenvalue weighted by atomic mass is 19.3. The zero-order valence-corrected chi connectivity index (χ0v) is 17.7. The predicted octanol–water partition coefficient (Wildman–Crippen LogP) is 7.45. The Labute approximate surface area is 179 Å². The standard InChI is InChI=1S/C25H26F4O2/c1-3-5-13-30-20-12-10-17-16-8-9-18(19-11-7-15(6-4-2)14-31-19)23(26)21(16)25(28,29)22(17)24(20)27/h7-10,12,19H,3-6,11,13-14H2,1-2H3. The van der Waals surface area contributed by atoms with Crippen molar-refractivity contribution < 1.29 is 27.0 Å². The van der Waals surface area contributed by atoms with Gasteiger partial charge in [0.2, 0.25) is 0 Å². The summed E-state index contributed by atoms with van der Waals surface area (Å²) in [7, 11) is 0. The molecule has 0 aromatic heterocycles. The molecule has 0 fully saturated rings. The minimum absolute atomic E-state index is 0.000446. The lowest BCUT2D eigenvalue weighted by Gasteiger charge is -2.25. The molecule has 4 rings (SSSR count). The van der Waals surface area contributed by atoms with Gasteiger partial charge in [-0.25, -0.2) is 8.78 Å². The maximum Gasteiger partial charge on any atom is 0.305 e. The summed E-state index contributed by atoms with van der Waals surface area (Å²) in [5.74, 6) is -6.18. The molecule has 1 heterocycles. The van der Waals surface area contributed by atoms with Crippen LogP contribution in [0, 0.1) is 11.6 Å². The molecule has 1 atom stereocenters. The van der Waals surface area contributed by atoms with E-state index in [1.54, 1.807) is 0 Å². The fourth-order valence-electron chi connectivity index (χ4n) is 4.34. The summed E-state index contributed by atoms with van der Waals surface area (Å²) in [5.41, 5.74) is -0.369. The topological polar surface area (TPSA) is 18.5 Å².